The molecule has 0 radical (unpaired) electrons. The summed E-state index contributed by atoms with van der Waals surface area (Å²) >= 11 is 0. The average molecular weight is 669 g/mol. The molecule has 5 atom stereocenters. The van der Waals surface area contributed by atoms with Gasteiger partial charge in [-0.2, -0.15) is 74.6 Å². The third-order valence-electron chi connectivity index (χ3n) is 5.45. The van der Waals surface area contributed by atoms with Gasteiger partial charge in [-0.05, 0) is 6.92 Å². The van der Waals surface area contributed by atoms with Crippen LogP contribution in [0.5, 0.6) is 0 Å². The monoisotopic (exact) mass is 669 g/mol. The zero-order valence-corrected chi connectivity index (χ0v) is 19.6. The highest BCUT2D eigenvalue weighted by atomic mass is 19.4. The van der Waals surface area contributed by atoms with Crippen molar-refractivity contribution >= 4 is 11.8 Å². The summed E-state index contributed by atoms with van der Waals surface area (Å²) in [6.45, 7) is -2.05. The molecule has 0 saturated heterocycles. The lowest BCUT2D eigenvalue weighted by Crippen LogP contribution is -2.75. The van der Waals surface area contributed by atoms with Crippen LogP contribution >= 0.6 is 0 Å². The third-order valence-corrected chi connectivity index (χ3v) is 5.45. The third kappa shape index (κ3) is 5.93. The first-order valence-corrected chi connectivity index (χ1v) is 10.1. The molecular formula is C17H16F17NO7. The fourth-order valence-corrected chi connectivity index (χ4v) is 2.59. The molecule has 1 unspecified atom stereocenters. The first kappa shape index (κ1) is 39.8. The van der Waals surface area contributed by atoms with Crippen LogP contribution in [0.2, 0.25) is 0 Å². The summed E-state index contributed by atoms with van der Waals surface area (Å²) in [6.07, 6.45) is -19.1. The number of alkyl halides is 17. The molecule has 0 heterocycles. The first-order chi connectivity index (χ1) is 18.2. The number of halogens is 17. The summed E-state index contributed by atoms with van der Waals surface area (Å²) in [5.41, 5.74) is 0. The second kappa shape index (κ2) is 11.7. The molecule has 0 bridgehead atoms. The van der Waals surface area contributed by atoms with Gasteiger partial charge >= 0.3 is 47.6 Å². The van der Waals surface area contributed by atoms with Crippen LogP contribution in [0.15, 0.2) is 0 Å². The van der Waals surface area contributed by atoms with Gasteiger partial charge in [0, 0.05) is 0 Å². The normalized spacial score (nSPS) is 18.6. The number of nitrogens with one attached hydrogen (secondary N) is 1. The number of amides is 2. The van der Waals surface area contributed by atoms with Crippen LogP contribution < -0.4 is 5.32 Å². The van der Waals surface area contributed by atoms with E-state index in [0.717, 1.165) is 0 Å². The van der Waals surface area contributed by atoms with E-state index in [0.29, 0.717) is 5.32 Å². The molecule has 0 aliphatic rings. The van der Waals surface area contributed by atoms with Crippen molar-refractivity contribution in [2.75, 3.05) is 6.61 Å². The lowest BCUT2D eigenvalue weighted by molar-refractivity contribution is -0.462. The summed E-state index contributed by atoms with van der Waals surface area (Å²) in [5.74, 6) is -68.9. The maximum atomic E-state index is 14.2. The molecule has 25 heteroatoms. The van der Waals surface area contributed by atoms with Crippen LogP contribution in [0, 0.1) is 5.92 Å². The van der Waals surface area contributed by atoms with Crippen LogP contribution in [0.1, 0.15) is 6.92 Å². The van der Waals surface area contributed by atoms with Gasteiger partial charge in [-0.15, -0.1) is 0 Å². The Bertz CT molecular complexity index is 987. The van der Waals surface area contributed by atoms with E-state index >= 15 is 0 Å². The molecule has 0 spiro atoms. The average Bonchev–Trinajstić information content (AvgIpc) is 2.84. The fourth-order valence-electron chi connectivity index (χ4n) is 2.59. The van der Waals surface area contributed by atoms with Gasteiger partial charge in [-0.1, -0.05) is 0 Å². The molecule has 250 valence electrons. The summed E-state index contributed by atoms with van der Waals surface area (Å²) in [6, 6.07) is 0. The van der Waals surface area contributed by atoms with Crippen molar-refractivity contribution in [3.8, 4) is 0 Å². The van der Waals surface area contributed by atoms with E-state index < -0.39 is 103 Å². The van der Waals surface area contributed by atoms with E-state index in [4.69, 9.17) is 10.2 Å². The van der Waals surface area contributed by atoms with Crippen LogP contribution in [0.4, 0.5) is 74.6 Å². The lowest BCUT2D eigenvalue weighted by Gasteiger charge is -2.43. The molecule has 0 aromatic carbocycles. The summed E-state index contributed by atoms with van der Waals surface area (Å²) in [4.78, 5) is 23.3. The second-order valence-electron chi connectivity index (χ2n) is 8.32. The van der Waals surface area contributed by atoms with Crippen molar-refractivity contribution in [3.63, 3.8) is 0 Å². The van der Waals surface area contributed by atoms with E-state index in [-0.39, 0.29) is 0 Å². The van der Waals surface area contributed by atoms with Crippen LogP contribution in [-0.2, 0) is 9.59 Å². The maximum Gasteiger partial charge on any atom is 0.460 e. The number of aliphatic hydroxyl groups excluding tert-OH is 5. The van der Waals surface area contributed by atoms with Gasteiger partial charge in [0.1, 0.15) is 24.2 Å². The number of imide groups is 1. The van der Waals surface area contributed by atoms with Crippen molar-refractivity contribution in [1.82, 2.24) is 5.32 Å². The number of hydrogen-bond donors (Lipinski definition) is 6. The van der Waals surface area contributed by atoms with Crippen molar-refractivity contribution in [3.05, 3.63) is 0 Å². The van der Waals surface area contributed by atoms with Gasteiger partial charge in [-0.3, -0.25) is 14.9 Å². The molecule has 0 rings (SSSR count). The zero-order valence-electron chi connectivity index (χ0n) is 19.6. The predicted molar refractivity (Wildman–Crippen MR) is 94.1 cm³/mol. The van der Waals surface area contributed by atoms with Gasteiger partial charge in [0.05, 0.1) is 6.61 Å². The minimum atomic E-state index is -8.89. The molecule has 0 aromatic rings. The van der Waals surface area contributed by atoms with Crippen molar-refractivity contribution in [1.29, 1.82) is 0 Å². The minimum Gasteiger partial charge on any atom is -0.394 e. The van der Waals surface area contributed by atoms with Crippen molar-refractivity contribution < 1.29 is 110 Å². The van der Waals surface area contributed by atoms with E-state index in [1.54, 1.807) is 0 Å². The van der Waals surface area contributed by atoms with Crippen molar-refractivity contribution in [2.45, 2.75) is 79.0 Å². The summed E-state index contributed by atoms with van der Waals surface area (Å²) < 4.78 is 227. The van der Waals surface area contributed by atoms with Crippen LogP contribution in [-0.4, -0.2) is 116 Å². The Morgan fingerprint density at radius 2 is 0.905 bits per heavy atom. The van der Waals surface area contributed by atoms with E-state index in [1.807, 2.05) is 0 Å². The molecule has 6 N–H and O–H groups in total. The topological polar surface area (TPSA) is 147 Å². The van der Waals surface area contributed by atoms with Crippen molar-refractivity contribution in [2.24, 2.45) is 5.92 Å². The molecule has 0 aliphatic carbocycles. The fraction of sp³-hybridized carbons (Fsp3) is 0.882. The molecule has 0 saturated carbocycles. The largest absolute Gasteiger partial charge is 0.460 e. The lowest BCUT2D eigenvalue weighted by atomic mass is 9.85. The number of carbonyl (C=O) groups excluding carboxylic acids is 2. The SMILES string of the molecule is CC(C(=O)NC(=O)[C@H](O)[C@@H](O)[C@H](O)[C@H](O)CO)C(F)(F)C(F)(F)C(F)(F)C(F)(F)C(F)(F)C(F)(F)C(F)(F)C(F)(F)F. The molecule has 0 aliphatic heterocycles. The van der Waals surface area contributed by atoms with Gasteiger partial charge in [0.2, 0.25) is 5.91 Å². The highest BCUT2D eigenvalue weighted by molar-refractivity contribution is 5.98. The number of carbonyl (C=O) groups is 2. The molecule has 8 nitrogen and oxygen atoms in total. The summed E-state index contributed by atoms with van der Waals surface area (Å²) in [5, 5.41) is 46.1. The van der Waals surface area contributed by atoms with Crippen LogP contribution in [0.25, 0.3) is 0 Å². The molecule has 2 amide bonds. The Kier molecular flexibility index (Phi) is 11.1. The standard InChI is InChI=1S/C17H16F17NO7/c1-3(8(41)35-9(42)7(40)6(39)5(38)4(37)2-36)10(18,19)11(20,21)12(22,23)13(24,25)14(26,27)15(28,29)16(30,31)17(32,33)34/h3-7,36-40H,2H2,1H3,(H,35,41,42)/t3?,4-,5-,6+,7-/m1/s1. The predicted octanol–water partition coefficient (Wildman–Crippen LogP) is 1.71. The molecular weight excluding hydrogens is 653 g/mol. The Morgan fingerprint density at radius 3 is 1.24 bits per heavy atom. The number of hydrogen-bond acceptors (Lipinski definition) is 7. The van der Waals surface area contributed by atoms with Gasteiger partial charge in [0.15, 0.2) is 6.10 Å². The molecule has 0 fully saturated rings. The molecule has 0 aromatic heterocycles. The quantitative estimate of drug-likeness (QED) is 0.164. The second-order valence-corrected chi connectivity index (χ2v) is 8.32. The van der Waals surface area contributed by atoms with Gasteiger partial charge < -0.3 is 25.5 Å². The zero-order chi connectivity index (χ0) is 34.5. The smallest absolute Gasteiger partial charge is 0.394 e. The Morgan fingerprint density at radius 1 is 0.571 bits per heavy atom. The van der Waals surface area contributed by atoms with Gasteiger partial charge in [-0.25, -0.2) is 0 Å². The van der Waals surface area contributed by atoms with Gasteiger partial charge in [0.25, 0.3) is 5.91 Å². The first-order valence-electron chi connectivity index (χ1n) is 10.1. The van der Waals surface area contributed by atoms with E-state index in [1.165, 1.54) is 0 Å². The number of rotatable bonds is 13. The number of aliphatic hydroxyl groups is 5. The summed E-state index contributed by atoms with van der Waals surface area (Å²) in [7, 11) is 0. The van der Waals surface area contributed by atoms with E-state index in [9.17, 15) is 99.5 Å². The maximum absolute atomic E-state index is 14.2. The minimum absolute atomic E-state index is 0.450. The highest BCUT2D eigenvalue weighted by Gasteiger charge is 2.95. The van der Waals surface area contributed by atoms with E-state index in [2.05, 4.69) is 0 Å². The highest BCUT2D eigenvalue weighted by Crippen LogP contribution is 2.64. The molecule has 42 heavy (non-hydrogen) atoms. The Balaban J connectivity index is 6.46. The van der Waals surface area contributed by atoms with Crippen LogP contribution in [0.3, 0.4) is 0 Å². The Hall–Kier alpha value is -2.25. The Labute approximate surface area is 219 Å².